The van der Waals surface area contributed by atoms with Crippen molar-refractivity contribution in [1.82, 2.24) is 0 Å². The third-order valence-corrected chi connectivity index (χ3v) is 5.49. The van der Waals surface area contributed by atoms with Gasteiger partial charge in [0.05, 0.1) is 17.8 Å². The van der Waals surface area contributed by atoms with Crippen LogP contribution in [0.4, 0.5) is 5.69 Å². The van der Waals surface area contributed by atoms with Crippen molar-refractivity contribution in [2.75, 3.05) is 4.90 Å². The summed E-state index contributed by atoms with van der Waals surface area (Å²) in [6, 6.07) is 17.8. The molecule has 0 bridgehead atoms. The molecule has 4 rings (SSSR count). The second-order valence-electron chi connectivity index (χ2n) is 8.03. The maximum Gasteiger partial charge on any atom is 0.136 e. The Hall–Kier alpha value is -2.61. The summed E-state index contributed by atoms with van der Waals surface area (Å²) < 4.78 is 0. The first kappa shape index (κ1) is 17.8. The highest BCUT2D eigenvalue weighted by molar-refractivity contribution is 6.13. The first-order valence-electron chi connectivity index (χ1n) is 9.98. The lowest BCUT2D eigenvalue weighted by Crippen LogP contribution is -2.40. The number of amidine groups is 1. The highest BCUT2D eigenvalue weighted by Crippen LogP contribution is 2.40. The van der Waals surface area contributed by atoms with Gasteiger partial charge in [-0.25, -0.2) is 0 Å². The Balaban J connectivity index is 1.94. The molecule has 2 heteroatoms. The third-order valence-electron chi connectivity index (χ3n) is 5.49. The van der Waals surface area contributed by atoms with Crippen molar-refractivity contribution in [2.45, 2.75) is 51.6 Å². The smallest absolute Gasteiger partial charge is 0.136 e. The van der Waals surface area contributed by atoms with Gasteiger partial charge in [0.1, 0.15) is 5.84 Å². The molecule has 1 aliphatic carbocycles. The summed E-state index contributed by atoms with van der Waals surface area (Å²) in [5.74, 6) is 1.99. The Morgan fingerprint density at radius 2 is 1.41 bits per heavy atom. The minimum absolute atomic E-state index is 0.172. The lowest BCUT2D eigenvalue weighted by molar-refractivity contribution is 0.725. The largest absolute Gasteiger partial charge is 0.316 e. The second kappa shape index (κ2) is 7.19. The summed E-state index contributed by atoms with van der Waals surface area (Å²) in [6.07, 6.45) is 8.80. The predicted octanol–water partition coefficient (Wildman–Crippen LogP) is 6.06. The summed E-state index contributed by atoms with van der Waals surface area (Å²) in [4.78, 5) is 7.63. The van der Waals surface area contributed by atoms with Crippen molar-refractivity contribution in [3.8, 4) is 0 Å². The Morgan fingerprint density at radius 3 is 2.04 bits per heavy atom. The van der Waals surface area contributed by atoms with Crippen molar-refractivity contribution >= 4 is 11.5 Å². The van der Waals surface area contributed by atoms with E-state index in [4.69, 9.17) is 4.99 Å². The zero-order valence-electron chi connectivity index (χ0n) is 16.6. The number of anilines is 1. The molecule has 1 aliphatic heterocycles. The standard InChI is InChI=1S/C25H28N2/c1-17(2)20-13-10-14-21(18(3)4)24(20)27-23-16-9-8-15-22(23)26-25(27)19-11-6-5-7-12-19/h5-18,22-23H,1-4H3. The van der Waals surface area contributed by atoms with Crippen molar-refractivity contribution in [1.29, 1.82) is 0 Å². The molecule has 0 saturated heterocycles. The molecule has 0 fully saturated rings. The molecule has 0 spiro atoms. The van der Waals surface area contributed by atoms with Crippen LogP contribution in [0.1, 0.15) is 56.2 Å². The average Bonchev–Trinajstić information content (AvgIpc) is 3.07. The fourth-order valence-corrected chi connectivity index (χ4v) is 4.13. The van der Waals surface area contributed by atoms with E-state index in [1.807, 2.05) is 0 Å². The summed E-state index contributed by atoms with van der Waals surface area (Å²) in [5, 5.41) is 0. The van der Waals surface area contributed by atoms with E-state index in [-0.39, 0.29) is 12.1 Å². The van der Waals surface area contributed by atoms with Gasteiger partial charge in [-0.2, -0.15) is 0 Å². The van der Waals surface area contributed by atoms with Crippen LogP contribution < -0.4 is 4.90 Å². The van der Waals surface area contributed by atoms with E-state index in [0.717, 1.165) is 5.84 Å². The third kappa shape index (κ3) is 3.14. The molecule has 0 N–H and O–H groups in total. The first-order chi connectivity index (χ1) is 13.1. The summed E-state index contributed by atoms with van der Waals surface area (Å²) >= 11 is 0. The number of fused-ring (bicyclic) bond motifs is 1. The van der Waals surface area contributed by atoms with E-state index in [1.54, 1.807) is 0 Å². The molecule has 2 aliphatic rings. The fourth-order valence-electron chi connectivity index (χ4n) is 4.13. The van der Waals surface area contributed by atoms with Crippen LogP contribution in [0.3, 0.4) is 0 Å². The Bertz CT molecular complexity index is 877. The van der Waals surface area contributed by atoms with Crippen LogP contribution in [-0.2, 0) is 0 Å². The van der Waals surface area contributed by atoms with Crippen LogP contribution in [0.15, 0.2) is 77.8 Å². The maximum absolute atomic E-state index is 5.14. The molecule has 2 atom stereocenters. The molecular formula is C25H28N2. The van der Waals surface area contributed by atoms with Gasteiger partial charge in [0.2, 0.25) is 0 Å². The second-order valence-corrected chi connectivity index (χ2v) is 8.03. The maximum atomic E-state index is 5.14. The van der Waals surface area contributed by atoms with Crippen molar-refractivity contribution in [2.24, 2.45) is 4.99 Å². The van der Waals surface area contributed by atoms with E-state index in [0.29, 0.717) is 11.8 Å². The minimum Gasteiger partial charge on any atom is -0.316 e. The predicted molar refractivity (Wildman–Crippen MR) is 116 cm³/mol. The van der Waals surface area contributed by atoms with Gasteiger partial charge < -0.3 is 4.90 Å². The molecule has 138 valence electrons. The van der Waals surface area contributed by atoms with Gasteiger partial charge in [-0.15, -0.1) is 0 Å². The Morgan fingerprint density at radius 1 is 0.778 bits per heavy atom. The number of benzene rings is 2. The quantitative estimate of drug-likeness (QED) is 0.650. The van der Waals surface area contributed by atoms with Crippen molar-refractivity contribution in [3.63, 3.8) is 0 Å². The molecule has 2 unspecified atom stereocenters. The SMILES string of the molecule is CC(C)c1cccc(C(C)C)c1N1C(c2ccccc2)=NC2C=CC=CC21. The minimum atomic E-state index is 0.172. The molecule has 27 heavy (non-hydrogen) atoms. The number of rotatable bonds is 4. The molecule has 2 aromatic rings. The Kier molecular flexibility index (Phi) is 4.73. The molecule has 0 radical (unpaired) electrons. The van der Waals surface area contributed by atoms with Gasteiger partial charge in [0, 0.05) is 5.56 Å². The number of aliphatic imine (C=N–C) groups is 1. The monoisotopic (exact) mass is 356 g/mol. The zero-order chi connectivity index (χ0) is 19.0. The number of hydrogen-bond acceptors (Lipinski definition) is 2. The van der Waals surface area contributed by atoms with Gasteiger partial charge in [-0.05, 0) is 23.0 Å². The number of nitrogens with zero attached hydrogens (tertiary/aromatic N) is 2. The van der Waals surface area contributed by atoms with E-state index < -0.39 is 0 Å². The summed E-state index contributed by atoms with van der Waals surface area (Å²) in [7, 11) is 0. The molecule has 1 heterocycles. The molecular weight excluding hydrogens is 328 g/mol. The number of hydrogen-bond donors (Lipinski definition) is 0. The summed E-state index contributed by atoms with van der Waals surface area (Å²) in [5.41, 5.74) is 5.32. The van der Waals surface area contributed by atoms with Crippen LogP contribution in [0.2, 0.25) is 0 Å². The summed E-state index contributed by atoms with van der Waals surface area (Å²) in [6.45, 7) is 9.14. The van der Waals surface area contributed by atoms with Crippen LogP contribution in [0.25, 0.3) is 0 Å². The number of para-hydroxylation sites is 1. The topological polar surface area (TPSA) is 15.6 Å². The normalized spacial score (nSPS) is 21.1. The van der Waals surface area contributed by atoms with Gasteiger partial charge in [0.25, 0.3) is 0 Å². The number of allylic oxidation sites excluding steroid dienone is 2. The lowest BCUT2D eigenvalue weighted by atomic mass is 9.90. The fraction of sp³-hybridized carbons (Fsp3) is 0.320. The van der Waals surface area contributed by atoms with Crippen LogP contribution in [0.5, 0.6) is 0 Å². The average molecular weight is 357 g/mol. The molecule has 2 aromatic carbocycles. The Labute approximate surface area is 162 Å². The van der Waals surface area contributed by atoms with E-state index in [2.05, 4.69) is 105 Å². The van der Waals surface area contributed by atoms with Gasteiger partial charge in [0.15, 0.2) is 0 Å². The zero-order valence-corrected chi connectivity index (χ0v) is 16.6. The highest BCUT2D eigenvalue weighted by Gasteiger charge is 2.38. The lowest BCUT2D eigenvalue weighted by Gasteiger charge is -2.34. The molecule has 0 amide bonds. The van der Waals surface area contributed by atoms with Crippen LogP contribution in [-0.4, -0.2) is 17.9 Å². The van der Waals surface area contributed by atoms with Gasteiger partial charge >= 0.3 is 0 Å². The van der Waals surface area contributed by atoms with E-state index in [1.165, 1.54) is 22.4 Å². The van der Waals surface area contributed by atoms with Crippen molar-refractivity contribution < 1.29 is 0 Å². The van der Waals surface area contributed by atoms with Crippen molar-refractivity contribution in [3.05, 3.63) is 89.5 Å². The van der Waals surface area contributed by atoms with Crippen LogP contribution in [0, 0.1) is 0 Å². The van der Waals surface area contributed by atoms with E-state index in [9.17, 15) is 0 Å². The molecule has 2 nitrogen and oxygen atoms in total. The highest BCUT2D eigenvalue weighted by atomic mass is 15.3. The first-order valence-corrected chi connectivity index (χ1v) is 9.98. The van der Waals surface area contributed by atoms with E-state index >= 15 is 0 Å². The molecule has 0 saturated carbocycles. The molecule has 0 aromatic heterocycles. The van der Waals surface area contributed by atoms with Gasteiger partial charge in [-0.3, -0.25) is 4.99 Å². The van der Waals surface area contributed by atoms with Gasteiger partial charge in [-0.1, -0.05) is 101 Å². The van der Waals surface area contributed by atoms with Crippen LogP contribution >= 0.6 is 0 Å².